The maximum Gasteiger partial charge on any atom is 0.0643 e. The Bertz CT molecular complexity index is 266. The molecule has 1 nitrogen and oxygen atoms in total. The van der Waals surface area contributed by atoms with E-state index in [2.05, 4.69) is 13.5 Å². The van der Waals surface area contributed by atoms with Crippen LogP contribution in [0.4, 0.5) is 0 Å². The zero-order valence-electron chi connectivity index (χ0n) is 8.69. The largest absolute Gasteiger partial charge is 0.392 e. The molecule has 0 aliphatic heterocycles. The molecule has 0 aliphatic carbocycles. The van der Waals surface area contributed by atoms with Crippen LogP contribution in [-0.2, 0) is 0 Å². The minimum absolute atomic E-state index is 0.0659. The van der Waals surface area contributed by atoms with E-state index in [1.54, 1.807) is 0 Å². The molecule has 0 aromatic heterocycles. The fourth-order valence-electron chi connectivity index (χ4n) is 1.67. The van der Waals surface area contributed by atoms with Gasteiger partial charge in [0, 0.05) is 5.92 Å². The molecule has 1 rings (SSSR count). The molecule has 2 atom stereocenters. The quantitative estimate of drug-likeness (QED) is 0.707. The van der Waals surface area contributed by atoms with Crippen LogP contribution in [0.3, 0.4) is 0 Å². The van der Waals surface area contributed by atoms with Crippen LogP contribution < -0.4 is 0 Å². The van der Waals surface area contributed by atoms with Crippen LogP contribution in [0.1, 0.15) is 31.2 Å². The van der Waals surface area contributed by atoms with Crippen LogP contribution >= 0.6 is 0 Å². The van der Waals surface area contributed by atoms with Gasteiger partial charge in [-0.2, -0.15) is 0 Å². The number of hydrogen-bond donors (Lipinski definition) is 1. The van der Waals surface area contributed by atoms with Gasteiger partial charge in [0.15, 0.2) is 0 Å². The van der Waals surface area contributed by atoms with Gasteiger partial charge in [-0.1, -0.05) is 49.8 Å². The van der Waals surface area contributed by atoms with E-state index in [9.17, 15) is 5.11 Å². The van der Waals surface area contributed by atoms with Crippen LogP contribution in [0, 0.1) is 0 Å². The molecule has 0 saturated carbocycles. The molecule has 0 fully saturated rings. The van der Waals surface area contributed by atoms with Gasteiger partial charge >= 0.3 is 0 Å². The van der Waals surface area contributed by atoms with Crippen LogP contribution in [0.2, 0.25) is 0 Å². The Hall–Kier alpha value is -1.08. The van der Waals surface area contributed by atoms with Crippen molar-refractivity contribution in [3.63, 3.8) is 0 Å². The normalized spacial score (nSPS) is 14.7. The van der Waals surface area contributed by atoms with E-state index in [0.29, 0.717) is 0 Å². The predicted octanol–water partition coefficient (Wildman–Crippen LogP) is 3.12. The highest BCUT2D eigenvalue weighted by atomic mass is 16.3. The van der Waals surface area contributed by atoms with Gasteiger partial charge in [-0.25, -0.2) is 0 Å². The summed E-state index contributed by atoms with van der Waals surface area (Å²) in [7, 11) is 0. The lowest BCUT2D eigenvalue weighted by Gasteiger charge is -2.19. The van der Waals surface area contributed by atoms with Crippen molar-refractivity contribution in [2.45, 2.75) is 31.8 Å². The van der Waals surface area contributed by atoms with Gasteiger partial charge in [0.1, 0.15) is 0 Å². The zero-order chi connectivity index (χ0) is 10.4. The molecule has 2 unspecified atom stereocenters. The summed E-state index contributed by atoms with van der Waals surface area (Å²) in [5.74, 6) is 0.0659. The number of aliphatic hydroxyl groups is 1. The highest BCUT2D eigenvalue weighted by molar-refractivity contribution is 5.24. The summed E-state index contributed by atoms with van der Waals surface area (Å²) >= 11 is 0. The third-order valence-electron chi connectivity index (χ3n) is 2.44. The third-order valence-corrected chi connectivity index (χ3v) is 2.44. The Kier molecular flexibility index (Phi) is 4.41. The average molecular weight is 190 g/mol. The molecule has 0 bridgehead atoms. The summed E-state index contributed by atoms with van der Waals surface area (Å²) in [5.41, 5.74) is 1.14. The Morgan fingerprint density at radius 3 is 2.50 bits per heavy atom. The molecular formula is C13H18O. The highest BCUT2D eigenvalue weighted by Gasteiger charge is 2.16. The lowest BCUT2D eigenvalue weighted by molar-refractivity contribution is 0.148. The first-order valence-electron chi connectivity index (χ1n) is 5.15. The smallest absolute Gasteiger partial charge is 0.0643 e. The van der Waals surface area contributed by atoms with Crippen molar-refractivity contribution in [1.29, 1.82) is 0 Å². The first-order chi connectivity index (χ1) is 6.79. The Morgan fingerprint density at radius 1 is 1.36 bits per heavy atom. The van der Waals surface area contributed by atoms with Crippen molar-refractivity contribution < 1.29 is 5.11 Å². The van der Waals surface area contributed by atoms with Crippen LogP contribution in [0.15, 0.2) is 43.0 Å². The van der Waals surface area contributed by atoms with Crippen molar-refractivity contribution in [3.05, 3.63) is 48.6 Å². The van der Waals surface area contributed by atoms with Crippen LogP contribution in [0.25, 0.3) is 0 Å². The molecule has 1 aromatic rings. The SMILES string of the molecule is C=CC(c1ccccc1)C(O)CCC. The average Bonchev–Trinajstić information content (AvgIpc) is 2.21. The standard InChI is InChI=1S/C13H18O/c1-3-8-13(14)12(4-2)11-9-6-5-7-10-11/h4-7,9-10,12-14H,2-3,8H2,1H3. The summed E-state index contributed by atoms with van der Waals surface area (Å²) in [6, 6.07) is 10.0. The fraction of sp³-hybridized carbons (Fsp3) is 0.385. The highest BCUT2D eigenvalue weighted by Crippen LogP contribution is 2.23. The Morgan fingerprint density at radius 2 is 2.00 bits per heavy atom. The molecule has 1 N–H and O–H groups in total. The van der Waals surface area contributed by atoms with Gasteiger partial charge in [0.05, 0.1) is 6.10 Å². The molecule has 1 aromatic carbocycles. The lowest BCUT2D eigenvalue weighted by Crippen LogP contribution is -2.16. The van der Waals surface area contributed by atoms with Gasteiger partial charge in [-0.05, 0) is 12.0 Å². The van der Waals surface area contributed by atoms with E-state index in [1.165, 1.54) is 0 Å². The first kappa shape index (κ1) is 11.0. The van der Waals surface area contributed by atoms with E-state index >= 15 is 0 Å². The monoisotopic (exact) mass is 190 g/mol. The minimum atomic E-state index is -0.306. The van der Waals surface area contributed by atoms with Crippen molar-refractivity contribution in [3.8, 4) is 0 Å². The van der Waals surface area contributed by atoms with Crippen molar-refractivity contribution >= 4 is 0 Å². The van der Waals surface area contributed by atoms with Crippen molar-refractivity contribution in [2.75, 3.05) is 0 Å². The summed E-state index contributed by atoms with van der Waals surface area (Å²) in [4.78, 5) is 0. The summed E-state index contributed by atoms with van der Waals surface area (Å²) < 4.78 is 0. The van der Waals surface area contributed by atoms with E-state index in [0.717, 1.165) is 18.4 Å². The Balaban J connectivity index is 2.76. The first-order valence-corrected chi connectivity index (χ1v) is 5.15. The number of aliphatic hydroxyl groups excluding tert-OH is 1. The molecular weight excluding hydrogens is 172 g/mol. The van der Waals surface area contributed by atoms with Crippen LogP contribution in [-0.4, -0.2) is 11.2 Å². The van der Waals surface area contributed by atoms with Gasteiger partial charge in [0.25, 0.3) is 0 Å². The van der Waals surface area contributed by atoms with E-state index < -0.39 is 0 Å². The van der Waals surface area contributed by atoms with Crippen LogP contribution in [0.5, 0.6) is 0 Å². The fourth-order valence-corrected chi connectivity index (χ4v) is 1.67. The minimum Gasteiger partial charge on any atom is -0.392 e. The maximum absolute atomic E-state index is 9.89. The number of benzene rings is 1. The maximum atomic E-state index is 9.89. The Labute approximate surface area is 86.1 Å². The molecule has 0 spiro atoms. The van der Waals surface area contributed by atoms with Gasteiger partial charge < -0.3 is 5.11 Å². The zero-order valence-corrected chi connectivity index (χ0v) is 8.69. The molecule has 0 heterocycles. The van der Waals surface area contributed by atoms with Crippen molar-refractivity contribution in [2.24, 2.45) is 0 Å². The summed E-state index contributed by atoms with van der Waals surface area (Å²) in [6.07, 6.45) is 3.35. The molecule has 0 radical (unpaired) electrons. The lowest BCUT2D eigenvalue weighted by atomic mass is 9.91. The molecule has 76 valence electrons. The van der Waals surface area contributed by atoms with E-state index in [4.69, 9.17) is 0 Å². The molecule has 14 heavy (non-hydrogen) atoms. The topological polar surface area (TPSA) is 20.2 Å². The van der Waals surface area contributed by atoms with E-state index in [-0.39, 0.29) is 12.0 Å². The number of rotatable bonds is 5. The molecule has 0 saturated heterocycles. The third kappa shape index (κ3) is 2.71. The van der Waals surface area contributed by atoms with Crippen molar-refractivity contribution in [1.82, 2.24) is 0 Å². The van der Waals surface area contributed by atoms with E-state index in [1.807, 2.05) is 36.4 Å². The summed E-state index contributed by atoms with van der Waals surface area (Å²) in [5, 5.41) is 9.89. The summed E-state index contributed by atoms with van der Waals surface area (Å²) in [6.45, 7) is 5.86. The van der Waals surface area contributed by atoms with Gasteiger partial charge in [-0.3, -0.25) is 0 Å². The second kappa shape index (κ2) is 5.61. The van der Waals surface area contributed by atoms with Gasteiger partial charge in [0.2, 0.25) is 0 Å². The second-order valence-electron chi connectivity index (χ2n) is 3.53. The van der Waals surface area contributed by atoms with Gasteiger partial charge in [-0.15, -0.1) is 6.58 Å². The molecule has 0 aliphatic rings. The molecule has 1 heteroatoms. The molecule has 0 amide bonds. The predicted molar refractivity (Wildman–Crippen MR) is 60.3 cm³/mol. The second-order valence-corrected chi connectivity index (χ2v) is 3.53. The number of hydrogen-bond acceptors (Lipinski definition) is 1.